The number of aromatic nitrogens is 1. The highest BCUT2D eigenvalue weighted by Gasteiger charge is 2.10. The molecular formula is C13H15NOS. The summed E-state index contributed by atoms with van der Waals surface area (Å²) in [6, 6.07) is 5.95. The van der Waals surface area contributed by atoms with Gasteiger partial charge in [0.15, 0.2) is 0 Å². The van der Waals surface area contributed by atoms with E-state index in [9.17, 15) is 5.11 Å². The minimum atomic E-state index is -0.435. The van der Waals surface area contributed by atoms with Crippen LogP contribution in [0, 0.1) is 13.8 Å². The number of hydrogen-bond acceptors (Lipinski definition) is 3. The smallest absolute Gasteiger partial charge is 0.0831 e. The van der Waals surface area contributed by atoms with Gasteiger partial charge in [-0.05, 0) is 53.9 Å². The molecule has 2 nitrogen and oxygen atoms in total. The van der Waals surface area contributed by atoms with Gasteiger partial charge in [-0.2, -0.15) is 11.3 Å². The molecule has 0 fully saturated rings. The van der Waals surface area contributed by atoms with Gasteiger partial charge in [-0.3, -0.25) is 4.98 Å². The van der Waals surface area contributed by atoms with Crippen molar-refractivity contribution in [1.29, 1.82) is 0 Å². The maximum Gasteiger partial charge on any atom is 0.0831 e. The van der Waals surface area contributed by atoms with Crippen LogP contribution >= 0.6 is 11.3 Å². The van der Waals surface area contributed by atoms with Gasteiger partial charge in [0, 0.05) is 17.8 Å². The van der Waals surface area contributed by atoms with E-state index in [1.54, 1.807) is 11.3 Å². The van der Waals surface area contributed by atoms with E-state index in [0.717, 1.165) is 17.0 Å². The first-order chi connectivity index (χ1) is 7.65. The zero-order chi connectivity index (χ0) is 11.5. The van der Waals surface area contributed by atoms with Crippen LogP contribution in [-0.2, 0) is 6.42 Å². The summed E-state index contributed by atoms with van der Waals surface area (Å²) in [6.07, 6.45) is 0.238. The van der Waals surface area contributed by atoms with E-state index >= 15 is 0 Å². The molecule has 1 unspecified atom stereocenters. The van der Waals surface area contributed by atoms with Gasteiger partial charge in [-0.15, -0.1) is 0 Å². The Kier molecular flexibility index (Phi) is 3.36. The number of aliphatic hydroxyl groups excluding tert-OH is 1. The van der Waals surface area contributed by atoms with Gasteiger partial charge < -0.3 is 5.11 Å². The molecule has 3 heteroatoms. The van der Waals surface area contributed by atoms with Crippen molar-refractivity contribution in [3.63, 3.8) is 0 Å². The molecule has 1 N–H and O–H groups in total. The number of aliphatic hydroxyl groups is 1. The van der Waals surface area contributed by atoms with Gasteiger partial charge >= 0.3 is 0 Å². The van der Waals surface area contributed by atoms with E-state index in [4.69, 9.17) is 0 Å². The average molecular weight is 233 g/mol. The minimum absolute atomic E-state index is 0.435. The summed E-state index contributed by atoms with van der Waals surface area (Å²) in [6.45, 7) is 3.90. The molecular weight excluding hydrogens is 218 g/mol. The van der Waals surface area contributed by atoms with Crippen molar-refractivity contribution in [2.75, 3.05) is 0 Å². The minimum Gasteiger partial charge on any atom is -0.388 e. The summed E-state index contributed by atoms with van der Waals surface area (Å²) in [7, 11) is 0. The molecule has 1 atom stereocenters. The van der Waals surface area contributed by atoms with Gasteiger partial charge in [0.25, 0.3) is 0 Å². The van der Waals surface area contributed by atoms with Crippen molar-refractivity contribution in [3.8, 4) is 0 Å². The van der Waals surface area contributed by atoms with E-state index < -0.39 is 6.10 Å². The van der Waals surface area contributed by atoms with Gasteiger partial charge in [0.1, 0.15) is 0 Å². The van der Waals surface area contributed by atoms with Crippen molar-refractivity contribution >= 4 is 11.3 Å². The molecule has 0 spiro atoms. The normalized spacial score (nSPS) is 12.7. The Morgan fingerprint density at radius 2 is 2.00 bits per heavy atom. The summed E-state index contributed by atoms with van der Waals surface area (Å²) >= 11 is 1.66. The van der Waals surface area contributed by atoms with E-state index in [1.807, 2.05) is 31.4 Å². The lowest BCUT2D eigenvalue weighted by Gasteiger charge is -2.11. The molecule has 16 heavy (non-hydrogen) atoms. The molecule has 0 aliphatic rings. The van der Waals surface area contributed by atoms with E-state index in [-0.39, 0.29) is 0 Å². The van der Waals surface area contributed by atoms with Crippen LogP contribution < -0.4 is 0 Å². The molecule has 0 bridgehead atoms. The first-order valence-electron chi connectivity index (χ1n) is 5.29. The zero-order valence-corrected chi connectivity index (χ0v) is 10.3. The molecule has 0 aliphatic heterocycles. The third-order valence-electron chi connectivity index (χ3n) is 2.50. The average Bonchev–Trinajstić information content (AvgIpc) is 2.68. The van der Waals surface area contributed by atoms with E-state index in [0.29, 0.717) is 6.42 Å². The van der Waals surface area contributed by atoms with Crippen LogP contribution in [0.15, 0.2) is 29.0 Å². The highest BCUT2D eigenvalue weighted by atomic mass is 32.1. The van der Waals surface area contributed by atoms with Gasteiger partial charge in [-0.1, -0.05) is 0 Å². The second-order valence-electron chi connectivity index (χ2n) is 4.03. The van der Waals surface area contributed by atoms with Gasteiger partial charge in [0.05, 0.1) is 6.10 Å². The van der Waals surface area contributed by atoms with Crippen molar-refractivity contribution < 1.29 is 5.11 Å². The number of nitrogens with zero attached hydrogens (tertiary/aromatic N) is 1. The van der Waals surface area contributed by atoms with Crippen LogP contribution in [0.4, 0.5) is 0 Å². The fourth-order valence-electron chi connectivity index (χ4n) is 1.81. The van der Waals surface area contributed by atoms with Crippen LogP contribution in [0.5, 0.6) is 0 Å². The Hall–Kier alpha value is -1.19. The van der Waals surface area contributed by atoms with E-state index in [1.165, 1.54) is 5.56 Å². The topological polar surface area (TPSA) is 33.1 Å². The predicted molar refractivity (Wildman–Crippen MR) is 66.7 cm³/mol. The monoisotopic (exact) mass is 233 g/mol. The Bertz CT molecular complexity index is 445. The van der Waals surface area contributed by atoms with E-state index in [2.05, 4.69) is 16.4 Å². The van der Waals surface area contributed by atoms with Crippen LogP contribution in [0.3, 0.4) is 0 Å². The molecule has 0 radical (unpaired) electrons. The summed E-state index contributed by atoms with van der Waals surface area (Å²) in [5, 5.41) is 14.2. The van der Waals surface area contributed by atoms with Crippen LogP contribution in [0.2, 0.25) is 0 Å². The molecule has 2 aromatic heterocycles. The van der Waals surface area contributed by atoms with Gasteiger partial charge in [-0.25, -0.2) is 0 Å². The van der Waals surface area contributed by atoms with Crippen molar-refractivity contribution in [2.45, 2.75) is 26.4 Å². The maximum atomic E-state index is 10.1. The SMILES string of the molecule is Cc1cc(C(O)Cc2ccsc2)cc(C)n1. The lowest BCUT2D eigenvalue weighted by Crippen LogP contribution is -2.03. The highest BCUT2D eigenvalue weighted by molar-refractivity contribution is 7.07. The summed E-state index contributed by atoms with van der Waals surface area (Å²) in [4.78, 5) is 4.30. The van der Waals surface area contributed by atoms with Gasteiger partial charge in [0.2, 0.25) is 0 Å². The number of thiophene rings is 1. The molecule has 0 saturated carbocycles. The Morgan fingerprint density at radius 1 is 1.31 bits per heavy atom. The third-order valence-corrected chi connectivity index (χ3v) is 3.23. The second kappa shape index (κ2) is 4.76. The fraction of sp³-hybridized carbons (Fsp3) is 0.308. The fourth-order valence-corrected chi connectivity index (χ4v) is 2.49. The summed E-state index contributed by atoms with van der Waals surface area (Å²) in [5.41, 5.74) is 4.06. The Labute approximate surface area is 99.6 Å². The quantitative estimate of drug-likeness (QED) is 0.884. The van der Waals surface area contributed by atoms with Crippen molar-refractivity contribution in [3.05, 3.63) is 51.5 Å². The molecule has 2 heterocycles. The lowest BCUT2D eigenvalue weighted by atomic mass is 10.0. The lowest BCUT2D eigenvalue weighted by molar-refractivity contribution is 0.178. The number of rotatable bonds is 3. The van der Waals surface area contributed by atoms with Crippen LogP contribution in [0.25, 0.3) is 0 Å². The predicted octanol–water partition coefficient (Wildman–Crippen LogP) is 3.04. The number of aryl methyl sites for hydroxylation is 2. The maximum absolute atomic E-state index is 10.1. The molecule has 0 aromatic carbocycles. The first-order valence-corrected chi connectivity index (χ1v) is 6.24. The van der Waals surface area contributed by atoms with Crippen LogP contribution in [0.1, 0.15) is 28.6 Å². The second-order valence-corrected chi connectivity index (χ2v) is 4.81. The Balaban J connectivity index is 2.17. The molecule has 0 aliphatic carbocycles. The molecule has 84 valence electrons. The van der Waals surface area contributed by atoms with Crippen molar-refractivity contribution in [1.82, 2.24) is 4.98 Å². The number of pyridine rings is 1. The largest absolute Gasteiger partial charge is 0.388 e. The molecule has 2 rings (SSSR count). The van der Waals surface area contributed by atoms with Crippen molar-refractivity contribution in [2.24, 2.45) is 0 Å². The molecule has 0 amide bonds. The summed E-state index contributed by atoms with van der Waals surface area (Å²) in [5.74, 6) is 0. The highest BCUT2D eigenvalue weighted by Crippen LogP contribution is 2.20. The zero-order valence-electron chi connectivity index (χ0n) is 9.47. The van der Waals surface area contributed by atoms with Crippen LogP contribution in [-0.4, -0.2) is 10.1 Å². The number of hydrogen-bond donors (Lipinski definition) is 1. The first kappa shape index (κ1) is 11.3. The Morgan fingerprint density at radius 3 is 2.56 bits per heavy atom. The standard InChI is InChI=1S/C13H15NOS/c1-9-5-12(6-10(2)14-9)13(15)7-11-3-4-16-8-11/h3-6,8,13,15H,7H2,1-2H3. The molecule has 2 aromatic rings. The third kappa shape index (κ3) is 2.68. The molecule has 0 saturated heterocycles. The summed E-state index contributed by atoms with van der Waals surface area (Å²) < 4.78 is 0.